The summed E-state index contributed by atoms with van der Waals surface area (Å²) in [4.78, 5) is 0. The normalized spacial score (nSPS) is 24.1. The number of piperidine rings is 1. The second kappa shape index (κ2) is 7.40. The molecule has 2 N–H and O–H groups in total. The van der Waals surface area contributed by atoms with Crippen molar-refractivity contribution in [2.24, 2.45) is 5.92 Å². The first-order valence-corrected chi connectivity index (χ1v) is 7.86. The third-order valence-corrected chi connectivity index (χ3v) is 5.09. The van der Waals surface area contributed by atoms with Crippen molar-refractivity contribution in [2.75, 3.05) is 40.4 Å². The van der Waals surface area contributed by atoms with Gasteiger partial charge in [-0.25, -0.2) is 0 Å². The third kappa shape index (κ3) is 4.47. The molecule has 0 spiro atoms. The van der Waals surface area contributed by atoms with Crippen LogP contribution in [0.25, 0.3) is 0 Å². The summed E-state index contributed by atoms with van der Waals surface area (Å²) in [5.74, 6) is 0.378. The van der Waals surface area contributed by atoms with Gasteiger partial charge in [0.1, 0.15) is 0 Å². The van der Waals surface area contributed by atoms with Gasteiger partial charge in [-0.3, -0.25) is 0 Å². The molecular formula is C11H25N3O3S. The van der Waals surface area contributed by atoms with Crippen molar-refractivity contribution in [1.29, 1.82) is 0 Å². The van der Waals surface area contributed by atoms with Gasteiger partial charge in [-0.2, -0.15) is 17.4 Å². The van der Waals surface area contributed by atoms with E-state index in [9.17, 15) is 8.42 Å². The minimum atomic E-state index is -3.35. The lowest BCUT2D eigenvalue weighted by molar-refractivity contribution is 0.201. The monoisotopic (exact) mass is 279 g/mol. The lowest BCUT2D eigenvalue weighted by atomic mass is 9.93. The van der Waals surface area contributed by atoms with Gasteiger partial charge in [0.15, 0.2) is 0 Å². The lowest BCUT2D eigenvalue weighted by Crippen LogP contribution is -2.49. The molecule has 1 rings (SSSR count). The molecule has 1 aliphatic heterocycles. The van der Waals surface area contributed by atoms with Gasteiger partial charge in [0.05, 0.1) is 6.61 Å². The van der Waals surface area contributed by atoms with Crippen LogP contribution in [0.5, 0.6) is 0 Å². The molecule has 1 saturated heterocycles. The second-order valence-corrected chi connectivity index (χ2v) is 6.49. The summed E-state index contributed by atoms with van der Waals surface area (Å²) in [6.07, 6.45) is 1.99. The summed E-state index contributed by atoms with van der Waals surface area (Å²) in [7, 11) is 0.112. The Morgan fingerprint density at radius 1 is 1.50 bits per heavy atom. The van der Waals surface area contributed by atoms with Gasteiger partial charge in [-0.15, -0.1) is 0 Å². The van der Waals surface area contributed by atoms with E-state index >= 15 is 0 Å². The van der Waals surface area contributed by atoms with Crippen molar-refractivity contribution in [3.05, 3.63) is 0 Å². The van der Waals surface area contributed by atoms with Crippen LogP contribution in [0.2, 0.25) is 0 Å². The number of rotatable bonds is 7. The van der Waals surface area contributed by atoms with E-state index in [0.29, 0.717) is 38.2 Å². The molecular weight excluding hydrogens is 254 g/mol. The summed E-state index contributed by atoms with van der Waals surface area (Å²) in [6, 6.07) is 0.335. The SMILES string of the molecule is CNC(C)C1CCCN(S(=O)(=O)NCCOC)C1. The molecule has 1 aliphatic rings. The van der Waals surface area contributed by atoms with Crippen molar-refractivity contribution >= 4 is 10.2 Å². The molecule has 1 fully saturated rings. The zero-order valence-electron chi connectivity index (χ0n) is 11.5. The van der Waals surface area contributed by atoms with Gasteiger partial charge in [-0.1, -0.05) is 0 Å². The number of hydrogen-bond acceptors (Lipinski definition) is 4. The van der Waals surface area contributed by atoms with E-state index in [2.05, 4.69) is 17.0 Å². The van der Waals surface area contributed by atoms with Crippen LogP contribution in [-0.2, 0) is 14.9 Å². The first-order chi connectivity index (χ1) is 8.51. The maximum absolute atomic E-state index is 12.1. The molecule has 2 unspecified atom stereocenters. The van der Waals surface area contributed by atoms with Gasteiger partial charge >= 0.3 is 0 Å². The molecule has 0 aromatic rings. The van der Waals surface area contributed by atoms with Crippen LogP contribution in [-0.4, -0.2) is 59.2 Å². The average molecular weight is 279 g/mol. The third-order valence-electron chi connectivity index (χ3n) is 3.51. The second-order valence-electron chi connectivity index (χ2n) is 4.73. The first kappa shape index (κ1) is 15.8. The number of methoxy groups -OCH3 is 1. The largest absolute Gasteiger partial charge is 0.383 e. The summed E-state index contributed by atoms with van der Waals surface area (Å²) in [5.41, 5.74) is 0. The zero-order valence-corrected chi connectivity index (χ0v) is 12.3. The molecule has 1 heterocycles. The highest BCUT2D eigenvalue weighted by atomic mass is 32.2. The lowest BCUT2D eigenvalue weighted by Gasteiger charge is -2.34. The highest BCUT2D eigenvalue weighted by molar-refractivity contribution is 7.87. The molecule has 0 saturated carbocycles. The fourth-order valence-electron chi connectivity index (χ4n) is 2.20. The van der Waals surface area contributed by atoms with E-state index < -0.39 is 10.2 Å². The van der Waals surface area contributed by atoms with Crippen LogP contribution in [0.1, 0.15) is 19.8 Å². The van der Waals surface area contributed by atoms with Gasteiger partial charge < -0.3 is 10.1 Å². The van der Waals surface area contributed by atoms with Gasteiger partial charge in [0.25, 0.3) is 10.2 Å². The van der Waals surface area contributed by atoms with Crippen molar-refractivity contribution in [3.8, 4) is 0 Å². The number of nitrogens with zero attached hydrogens (tertiary/aromatic N) is 1. The van der Waals surface area contributed by atoms with Crippen LogP contribution >= 0.6 is 0 Å². The maximum atomic E-state index is 12.1. The number of ether oxygens (including phenoxy) is 1. The Morgan fingerprint density at radius 2 is 2.22 bits per heavy atom. The molecule has 0 amide bonds. The van der Waals surface area contributed by atoms with Crippen LogP contribution in [0.15, 0.2) is 0 Å². The molecule has 0 bridgehead atoms. The Balaban J connectivity index is 2.54. The predicted octanol–water partition coefficient (Wildman–Crippen LogP) is -0.213. The Kier molecular flexibility index (Phi) is 6.51. The van der Waals surface area contributed by atoms with Crippen molar-refractivity contribution in [1.82, 2.24) is 14.3 Å². The fourth-order valence-corrected chi connectivity index (χ4v) is 3.48. The van der Waals surface area contributed by atoms with Crippen molar-refractivity contribution < 1.29 is 13.2 Å². The summed E-state index contributed by atoms with van der Waals surface area (Å²) in [5, 5.41) is 3.20. The van der Waals surface area contributed by atoms with Gasteiger partial charge in [0.2, 0.25) is 0 Å². The molecule has 0 aromatic heterocycles. The summed E-state index contributed by atoms with van der Waals surface area (Å²) >= 11 is 0. The summed E-state index contributed by atoms with van der Waals surface area (Å²) < 4.78 is 33.1. The number of hydrogen-bond donors (Lipinski definition) is 2. The first-order valence-electron chi connectivity index (χ1n) is 6.42. The van der Waals surface area contributed by atoms with Crippen molar-refractivity contribution in [3.63, 3.8) is 0 Å². The highest BCUT2D eigenvalue weighted by Gasteiger charge is 2.30. The molecule has 2 atom stereocenters. The number of nitrogens with one attached hydrogen (secondary N) is 2. The van der Waals surface area contributed by atoms with Crippen LogP contribution in [0, 0.1) is 5.92 Å². The Bertz CT molecular complexity index is 334. The Morgan fingerprint density at radius 3 is 2.83 bits per heavy atom. The Labute approximate surface area is 110 Å². The van der Waals surface area contributed by atoms with Gasteiger partial charge in [-0.05, 0) is 32.7 Å². The van der Waals surface area contributed by atoms with E-state index in [1.807, 2.05) is 7.05 Å². The fraction of sp³-hybridized carbons (Fsp3) is 1.00. The van der Waals surface area contributed by atoms with Crippen molar-refractivity contribution in [2.45, 2.75) is 25.8 Å². The predicted molar refractivity (Wildman–Crippen MR) is 71.6 cm³/mol. The molecule has 0 aliphatic carbocycles. The average Bonchev–Trinajstić information content (AvgIpc) is 2.38. The Hall–Kier alpha value is -0.210. The van der Waals surface area contributed by atoms with Gasteiger partial charge in [0, 0.05) is 32.8 Å². The molecule has 0 aromatic carbocycles. The topological polar surface area (TPSA) is 70.7 Å². The standard InChI is InChI=1S/C11H25N3O3S/c1-10(12-2)11-5-4-7-14(9-11)18(15,16)13-6-8-17-3/h10-13H,4-9H2,1-3H3. The van der Waals surface area contributed by atoms with E-state index in [4.69, 9.17) is 4.74 Å². The minimum Gasteiger partial charge on any atom is -0.383 e. The quantitative estimate of drug-likeness (QED) is 0.633. The van der Waals surface area contributed by atoms with E-state index in [1.54, 1.807) is 11.4 Å². The van der Waals surface area contributed by atoms with Crippen LogP contribution < -0.4 is 10.0 Å². The van der Waals surface area contributed by atoms with E-state index in [1.165, 1.54) is 0 Å². The van der Waals surface area contributed by atoms with E-state index in [0.717, 1.165) is 12.8 Å². The summed E-state index contributed by atoms with van der Waals surface area (Å²) in [6.45, 7) is 4.00. The van der Waals surface area contributed by atoms with Crippen LogP contribution in [0.3, 0.4) is 0 Å². The molecule has 108 valence electrons. The molecule has 7 heteroatoms. The smallest absolute Gasteiger partial charge is 0.279 e. The molecule has 18 heavy (non-hydrogen) atoms. The highest BCUT2D eigenvalue weighted by Crippen LogP contribution is 2.21. The van der Waals surface area contributed by atoms with E-state index in [-0.39, 0.29) is 0 Å². The molecule has 0 radical (unpaired) electrons. The zero-order chi connectivity index (χ0) is 13.6. The van der Waals surface area contributed by atoms with Crippen LogP contribution in [0.4, 0.5) is 0 Å². The minimum absolute atomic E-state index is 0.321. The molecule has 6 nitrogen and oxygen atoms in total. The maximum Gasteiger partial charge on any atom is 0.279 e.